The van der Waals surface area contributed by atoms with Crippen LogP contribution in [0.25, 0.3) is 0 Å². The van der Waals surface area contributed by atoms with Crippen molar-refractivity contribution < 1.29 is 9.90 Å². The molecule has 1 rings (SSSR count). The number of nitrogens with zero attached hydrogens (tertiary/aromatic N) is 1. The lowest BCUT2D eigenvalue weighted by molar-refractivity contribution is 0.138. The Morgan fingerprint density at radius 3 is 2.80 bits per heavy atom. The number of carbonyl (C=O) groups is 1. The van der Waals surface area contributed by atoms with Crippen molar-refractivity contribution in [2.45, 2.75) is 58.6 Å². The van der Waals surface area contributed by atoms with Crippen LogP contribution in [0.3, 0.4) is 0 Å². The molecule has 1 saturated heterocycles. The Balaban J connectivity index is 2.17. The van der Waals surface area contributed by atoms with E-state index in [1.54, 1.807) is 0 Å². The first-order chi connectivity index (χ1) is 9.52. The van der Waals surface area contributed by atoms with E-state index < -0.39 is 6.10 Å². The smallest absolute Gasteiger partial charge is 0.314 e. The number of aliphatic hydroxyl groups excluding tert-OH is 1. The van der Waals surface area contributed by atoms with Gasteiger partial charge in [-0.3, -0.25) is 0 Å². The molecule has 2 amide bonds. The van der Waals surface area contributed by atoms with Gasteiger partial charge in [0.25, 0.3) is 0 Å². The molecular weight excluding hydrogens is 254 g/mol. The Morgan fingerprint density at radius 1 is 1.40 bits per heavy atom. The van der Waals surface area contributed by atoms with E-state index in [1.165, 1.54) is 19.4 Å². The highest BCUT2D eigenvalue weighted by atomic mass is 16.3. The molecule has 118 valence electrons. The Morgan fingerprint density at radius 2 is 2.15 bits per heavy atom. The van der Waals surface area contributed by atoms with Gasteiger partial charge in [-0.25, -0.2) is 4.79 Å². The fourth-order valence-corrected chi connectivity index (χ4v) is 2.68. The van der Waals surface area contributed by atoms with Gasteiger partial charge in [0.1, 0.15) is 0 Å². The third-order valence-corrected chi connectivity index (χ3v) is 3.95. The first kappa shape index (κ1) is 17.2. The summed E-state index contributed by atoms with van der Waals surface area (Å²) in [5.74, 6) is 0.539. The summed E-state index contributed by atoms with van der Waals surface area (Å²) >= 11 is 0. The number of rotatable bonds is 7. The zero-order chi connectivity index (χ0) is 15.0. The van der Waals surface area contributed by atoms with E-state index in [-0.39, 0.29) is 6.03 Å². The maximum atomic E-state index is 11.7. The van der Waals surface area contributed by atoms with Crippen LogP contribution in [-0.4, -0.2) is 54.4 Å². The number of urea groups is 1. The number of amides is 2. The normalized spacial score (nSPS) is 21.8. The summed E-state index contributed by atoms with van der Waals surface area (Å²) in [5.41, 5.74) is 0. The second-order valence-electron chi connectivity index (χ2n) is 6.13. The van der Waals surface area contributed by atoms with Gasteiger partial charge in [0.2, 0.25) is 0 Å². The predicted octanol–water partition coefficient (Wildman–Crippen LogP) is 1.57. The van der Waals surface area contributed by atoms with E-state index in [2.05, 4.69) is 29.4 Å². The van der Waals surface area contributed by atoms with Crippen molar-refractivity contribution in [2.75, 3.05) is 26.2 Å². The maximum absolute atomic E-state index is 11.7. The van der Waals surface area contributed by atoms with E-state index in [0.717, 1.165) is 25.9 Å². The molecule has 2 atom stereocenters. The van der Waals surface area contributed by atoms with Crippen molar-refractivity contribution in [3.05, 3.63) is 0 Å². The fourth-order valence-electron chi connectivity index (χ4n) is 2.68. The van der Waals surface area contributed by atoms with Gasteiger partial charge in [-0.05, 0) is 45.6 Å². The first-order valence-electron chi connectivity index (χ1n) is 7.96. The minimum absolute atomic E-state index is 0.165. The molecule has 0 aromatic rings. The van der Waals surface area contributed by atoms with Crippen molar-refractivity contribution >= 4 is 6.03 Å². The summed E-state index contributed by atoms with van der Waals surface area (Å²) in [4.78, 5) is 14.1. The van der Waals surface area contributed by atoms with E-state index >= 15 is 0 Å². The average molecular weight is 285 g/mol. The molecule has 0 saturated carbocycles. The van der Waals surface area contributed by atoms with Gasteiger partial charge < -0.3 is 20.6 Å². The first-order valence-corrected chi connectivity index (χ1v) is 7.96. The maximum Gasteiger partial charge on any atom is 0.314 e. The van der Waals surface area contributed by atoms with Crippen LogP contribution in [0, 0.1) is 5.92 Å². The third-order valence-electron chi connectivity index (χ3n) is 3.95. The van der Waals surface area contributed by atoms with E-state index in [0.29, 0.717) is 18.5 Å². The van der Waals surface area contributed by atoms with Gasteiger partial charge in [-0.1, -0.05) is 13.3 Å². The largest absolute Gasteiger partial charge is 0.391 e. The summed E-state index contributed by atoms with van der Waals surface area (Å²) < 4.78 is 0. The van der Waals surface area contributed by atoms with Crippen LogP contribution in [0.2, 0.25) is 0 Å². The molecule has 1 aliphatic rings. The van der Waals surface area contributed by atoms with E-state index in [9.17, 15) is 9.90 Å². The molecule has 5 heteroatoms. The van der Waals surface area contributed by atoms with E-state index in [1.807, 2.05) is 6.92 Å². The zero-order valence-electron chi connectivity index (χ0n) is 13.2. The van der Waals surface area contributed by atoms with Crippen molar-refractivity contribution in [3.8, 4) is 0 Å². The summed E-state index contributed by atoms with van der Waals surface area (Å²) in [7, 11) is 0. The lowest BCUT2D eigenvalue weighted by Gasteiger charge is -2.35. The number of carbonyl (C=O) groups excluding carboxylic acids is 1. The number of hydrogen-bond donors (Lipinski definition) is 3. The van der Waals surface area contributed by atoms with Crippen molar-refractivity contribution in [1.29, 1.82) is 0 Å². The Bertz CT molecular complexity index is 284. The molecule has 20 heavy (non-hydrogen) atoms. The highest BCUT2D eigenvalue weighted by Gasteiger charge is 2.21. The number of nitrogens with one attached hydrogen (secondary N) is 2. The summed E-state index contributed by atoms with van der Waals surface area (Å²) in [5, 5.41) is 15.2. The Hall–Kier alpha value is -0.810. The third kappa shape index (κ3) is 6.57. The zero-order valence-corrected chi connectivity index (χ0v) is 13.2. The predicted molar refractivity (Wildman–Crippen MR) is 81.7 cm³/mol. The van der Waals surface area contributed by atoms with Crippen molar-refractivity contribution in [2.24, 2.45) is 5.92 Å². The second-order valence-corrected chi connectivity index (χ2v) is 6.13. The lowest BCUT2D eigenvalue weighted by atomic mass is 9.97. The Kier molecular flexibility index (Phi) is 7.92. The molecule has 5 nitrogen and oxygen atoms in total. The highest BCUT2D eigenvalue weighted by Crippen LogP contribution is 2.17. The van der Waals surface area contributed by atoms with Crippen molar-refractivity contribution in [1.82, 2.24) is 15.5 Å². The molecule has 0 radical (unpaired) electrons. The minimum Gasteiger partial charge on any atom is -0.391 e. The summed E-state index contributed by atoms with van der Waals surface area (Å²) in [6.07, 6.45) is 3.62. The number of hydrogen-bond acceptors (Lipinski definition) is 3. The minimum atomic E-state index is -0.433. The number of likely N-dealkylation sites (tertiary alicyclic amines) is 1. The SMILES string of the molecule is CCCC(O)CNC(=O)NCC1CCCN(C(C)C)C1. The molecule has 1 heterocycles. The van der Waals surface area contributed by atoms with Gasteiger partial charge in [0.05, 0.1) is 6.10 Å². The van der Waals surface area contributed by atoms with Gasteiger partial charge in [0.15, 0.2) is 0 Å². The average Bonchev–Trinajstić information content (AvgIpc) is 2.43. The molecule has 0 bridgehead atoms. The van der Waals surface area contributed by atoms with Gasteiger partial charge in [0, 0.05) is 25.7 Å². The molecule has 0 aromatic heterocycles. The van der Waals surface area contributed by atoms with Crippen LogP contribution >= 0.6 is 0 Å². The summed E-state index contributed by atoms with van der Waals surface area (Å²) in [6.45, 7) is 9.75. The van der Waals surface area contributed by atoms with Crippen LogP contribution < -0.4 is 10.6 Å². The fraction of sp³-hybridized carbons (Fsp3) is 0.933. The number of piperidine rings is 1. The summed E-state index contributed by atoms with van der Waals surface area (Å²) in [6, 6.07) is 0.414. The molecule has 1 fully saturated rings. The van der Waals surface area contributed by atoms with Gasteiger partial charge in [-0.2, -0.15) is 0 Å². The van der Waals surface area contributed by atoms with Gasteiger partial charge >= 0.3 is 6.03 Å². The highest BCUT2D eigenvalue weighted by molar-refractivity contribution is 5.73. The van der Waals surface area contributed by atoms with Crippen LogP contribution in [0.15, 0.2) is 0 Å². The van der Waals surface area contributed by atoms with Gasteiger partial charge in [-0.15, -0.1) is 0 Å². The quantitative estimate of drug-likeness (QED) is 0.665. The second kappa shape index (κ2) is 9.19. The molecule has 0 aromatic carbocycles. The Labute approximate surface area is 123 Å². The number of aliphatic hydroxyl groups is 1. The van der Waals surface area contributed by atoms with E-state index in [4.69, 9.17) is 0 Å². The van der Waals surface area contributed by atoms with Crippen LogP contribution in [0.4, 0.5) is 4.79 Å². The molecule has 0 aliphatic carbocycles. The standard InChI is InChI=1S/C15H31N3O2/c1-4-6-14(19)10-17-15(20)16-9-13-7-5-8-18(11-13)12(2)3/h12-14,19H,4-11H2,1-3H3,(H2,16,17,20). The topological polar surface area (TPSA) is 64.6 Å². The lowest BCUT2D eigenvalue weighted by Crippen LogP contribution is -2.46. The monoisotopic (exact) mass is 285 g/mol. The molecule has 1 aliphatic heterocycles. The molecular formula is C15H31N3O2. The van der Waals surface area contributed by atoms with Crippen LogP contribution in [0.1, 0.15) is 46.5 Å². The molecule has 2 unspecified atom stereocenters. The van der Waals surface area contributed by atoms with Crippen molar-refractivity contribution in [3.63, 3.8) is 0 Å². The molecule has 0 spiro atoms. The molecule has 3 N–H and O–H groups in total. The van der Waals surface area contributed by atoms with Crippen LogP contribution in [-0.2, 0) is 0 Å². The van der Waals surface area contributed by atoms with Crippen LogP contribution in [0.5, 0.6) is 0 Å².